The second kappa shape index (κ2) is 12.8. The molecule has 0 saturated carbocycles. The molecule has 1 amide bonds. The van der Waals surface area contributed by atoms with Crippen molar-refractivity contribution in [2.75, 3.05) is 31.8 Å². The number of carbonyl (C=O) groups is 2. The molecular weight excluding hydrogens is 617 g/mol. The van der Waals surface area contributed by atoms with Crippen LogP contribution in [0.1, 0.15) is 38.3 Å². The summed E-state index contributed by atoms with van der Waals surface area (Å²) in [4.78, 5) is 39.9. The van der Waals surface area contributed by atoms with E-state index in [-0.39, 0.29) is 38.3 Å². The summed E-state index contributed by atoms with van der Waals surface area (Å²) in [6, 6.07) is 3.10. The number of nitrogens with zero attached hydrogens (tertiary/aromatic N) is 2. The van der Waals surface area contributed by atoms with Gasteiger partial charge in [0.25, 0.3) is 11.5 Å². The lowest BCUT2D eigenvalue weighted by molar-refractivity contribution is -0.167. The third kappa shape index (κ3) is 6.23. The van der Waals surface area contributed by atoms with Crippen LogP contribution in [0.5, 0.6) is 0 Å². The predicted octanol–water partition coefficient (Wildman–Crippen LogP) is 4.26. The van der Waals surface area contributed by atoms with Gasteiger partial charge in [-0.1, -0.05) is 12.1 Å². The van der Waals surface area contributed by atoms with Crippen LogP contribution in [0, 0.1) is 25.5 Å². The molecule has 2 atom stereocenters. The van der Waals surface area contributed by atoms with E-state index in [0.717, 1.165) is 28.8 Å². The topological polar surface area (TPSA) is 99.1 Å². The van der Waals surface area contributed by atoms with Gasteiger partial charge in [0.05, 0.1) is 39.1 Å². The van der Waals surface area contributed by atoms with E-state index >= 15 is 8.78 Å². The molecule has 2 aliphatic rings. The van der Waals surface area contributed by atoms with E-state index in [9.17, 15) is 27.6 Å². The minimum Gasteiger partial charge on any atom is -0.467 e. The number of alkyl halides is 3. The fraction of sp³-hybridized carbons (Fsp3) is 0.406. The number of nitrogens with one attached hydrogen (secondary N) is 1. The molecule has 9 nitrogen and oxygen atoms in total. The van der Waals surface area contributed by atoms with Crippen molar-refractivity contribution in [3.63, 3.8) is 0 Å². The molecule has 1 N–H and O–H groups in total. The number of morpholine rings is 1. The summed E-state index contributed by atoms with van der Waals surface area (Å²) in [6.45, 7) is 2.95. The summed E-state index contributed by atoms with van der Waals surface area (Å²) >= 11 is 0. The zero-order chi connectivity index (χ0) is 33.5. The number of halogens is 5. The fourth-order valence-corrected chi connectivity index (χ4v) is 5.99. The lowest BCUT2D eigenvalue weighted by Gasteiger charge is -2.38. The number of benzene rings is 2. The van der Waals surface area contributed by atoms with Crippen LogP contribution in [0.25, 0.3) is 11.1 Å². The number of anilines is 1. The number of rotatable bonds is 7. The van der Waals surface area contributed by atoms with Gasteiger partial charge < -0.3 is 29.0 Å². The minimum absolute atomic E-state index is 0.0874. The summed E-state index contributed by atoms with van der Waals surface area (Å²) in [7, 11) is 2.76. The quantitative estimate of drug-likeness (QED) is 0.302. The van der Waals surface area contributed by atoms with Crippen LogP contribution in [-0.2, 0) is 45.7 Å². The zero-order valence-corrected chi connectivity index (χ0v) is 25.5. The third-order valence-electron chi connectivity index (χ3n) is 8.46. The number of carbonyl (C=O) groups excluding carboxylic acids is 2. The van der Waals surface area contributed by atoms with Crippen LogP contribution in [-0.4, -0.2) is 61.6 Å². The number of hydrogen-bond acceptors (Lipinski definition) is 7. The molecule has 14 heteroatoms. The standard InChI is InChI=1S/C32H32F5N3O6/c1-16-9-17(2)39(3)30(42)27(16)20-6-5-18(21-13-46-14-22(20)21)10-25(31(43)44-4)38-29(41)28-23(33)11-19(12-24(28)34)40-7-8-45-15-26(40)32(35,36)37/h5-6,9,11-12,25-26H,7-8,10,13-15H2,1-4H3,(H,38,41)/t25-,26+/m0/s1. The highest BCUT2D eigenvalue weighted by molar-refractivity contribution is 5.97. The Kier molecular flexibility index (Phi) is 9.23. The van der Waals surface area contributed by atoms with Gasteiger partial charge >= 0.3 is 12.1 Å². The van der Waals surface area contributed by atoms with Crippen molar-refractivity contribution in [2.45, 2.75) is 51.7 Å². The molecule has 5 rings (SSSR count). The molecule has 246 valence electrons. The van der Waals surface area contributed by atoms with E-state index in [1.165, 1.54) is 0 Å². The van der Waals surface area contributed by atoms with Crippen LogP contribution >= 0.6 is 0 Å². The number of fused-ring (bicyclic) bond motifs is 1. The van der Waals surface area contributed by atoms with Crippen molar-refractivity contribution in [3.8, 4) is 11.1 Å². The van der Waals surface area contributed by atoms with E-state index in [4.69, 9.17) is 14.2 Å². The van der Waals surface area contributed by atoms with Crippen molar-refractivity contribution in [1.29, 1.82) is 0 Å². The maximum absolute atomic E-state index is 15.2. The molecule has 3 aromatic rings. The van der Waals surface area contributed by atoms with Crippen molar-refractivity contribution < 1.29 is 45.8 Å². The third-order valence-corrected chi connectivity index (χ3v) is 8.46. The number of amides is 1. The summed E-state index contributed by atoms with van der Waals surface area (Å²) < 4.78 is 88.0. The van der Waals surface area contributed by atoms with Gasteiger partial charge in [-0.2, -0.15) is 13.2 Å². The second-order valence-corrected chi connectivity index (χ2v) is 11.3. The van der Waals surface area contributed by atoms with Crippen molar-refractivity contribution in [3.05, 3.63) is 85.8 Å². The minimum atomic E-state index is -4.73. The highest BCUT2D eigenvalue weighted by Gasteiger charge is 2.46. The second-order valence-electron chi connectivity index (χ2n) is 11.3. The highest BCUT2D eigenvalue weighted by atomic mass is 19.4. The first kappa shape index (κ1) is 33.1. The van der Waals surface area contributed by atoms with E-state index in [1.807, 2.05) is 19.9 Å². The average Bonchev–Trinajstić information content (AvgIpc) is 3.50. The molecule has 0 spiro atoms. The number of aryl methyl sites for hydroxylation is 2. The van der Waals surface area contributed by atoms with E-state index in [1.54, 1.807) is 23.7 Å². The Bertz CT molecular complexity index is 1730. The molecular formula is C32H32F5N3O6. The Morgan fingerprint density at radius 3 is 2.39 bits per heavy atom. The Morgan fingerprint density at radius 1 is 1.07 bits per heavy atom. The smallest absolute Gasteiger partial charge is 0.411 e. The molecule has 1 saturated heterocycles. The number of pyridine rings is 1. The van der Waals surface area contributed by atoms with Gasteiger partial charge in [-0.15, -0.1) is 0 Å². The Labute approximate surface area is 260 Å². The number of methoxy groups -OCH3 is 1. The summed E-state index contributed by atoms with van der Waals surface area (Å²) in [6.07, 6.45) is -4.87. The highest BCUT2D eigenvalue weighted by Crippen LogP contribution is 2.35. The van der Waals surface area contributed by atoms with Crippen LogP contribution in [0.15, 0.2) is 35.1 Å². The van der Waals surface area contributed by atoms with Crippen LogP contribution in [0.3, 0.4) is 0 Å². The van der Waals surface area contributed by atoms with E-state index in [2.05, 4.69) is 5.32 Å². The molecule has 0 aliphatic carbocycles. The van der Waals surface area contributed by atoms with Crippen LogP contribution < -0.4 is 15.8 Å². The van der Waals surface area contributed by atoms with Crippen LogP contribution in [0.2, 0.25) is 0 Å². The predicted molar refractivity (Wildman–Crippen MR) is 156 cm³/mol. The van der Waals surface area contributed by atoms with E-state index in [0.29, 0.717) is 34.4 Å². The van der Waals surface area contributed by atoms with Gasteiger partial charge in [0.15, 0.2) is 0 Å². The summed E-state index contributed by atoms with van der Waals surface area (Å²) in [5.41, 5.74) is 3.12. The number of esters is 1. The summed E-state index contributed by atoms with van der Waals surface area (Å²) in [5.74, 6) is -5.00. The Morgan fingerprint density at radius 2 is 1.74 bits per heavy atom. The lowest BCUT2D eigenvalue weighted by atomic mass is 9.90. The van der Waals surface area contributed by atoms with Crippen molar-refractivity contribution >= 4 is 17.6 Å². The molecule has 46 heavy (non-hydrogen) atoms. The maximum Gasteiger partial charge on any atom is 0.411 e. The molecule has 2 aromatic carbocycles. The normalized spacial score (nSPS) is 17.1. The van der Waals surface area contributed by atoms with Crippen molar-refractivity contribution in [1.82, 2.24) is 9.88 Å². The van der Waals surface area contributed by atoms with Crippen molar-refractivity contribution in [2.24, 2.45) is 7.05 Å². The number of aromatic nitrogens is 1. The maximum atomic E-state index is 15.2. The van der Waals surface area contributed by atoms with Gasteiger partial charge in [-0.25, -0.2) is 13.6 Å². The summed E-state index contributed by atoms with van der Waals surface area (Å²) in [5, 5.41) is 2.31. The SMILES string of the molecule is COC(=O)[C@H](Cc1ccc(-c2c(C)cc(C)n(C)c2=O)c2c1COC2)NC(=O)c1c(F)cc(N2CCOC[C@@H]2C(F)(F)F)cc1F. The zero-order valence-electron chi connectivity index (χ0n) is 25.5. The molecule has 1 fully saturated rings. The van der Waals surface area contributed by atoms with Gasteiger partial charge in [0.2, 0.25) is 0 Å². The molecule has 0 unspecified atom stereocenters. The largest absolute Gasteiger partial charge is 0.467 e. The van der Waals surface area contributed by atoms with Gasteiger partial charge in [0.1, 0.15) is 29.3 Å². The molecule has 0 bridgehead atoms. The van der Waals surface area contributed by atoms with Crippen LogP contribution in [0.4, 0.5) is 27.6 Å². The van der Waals surface area contributed by atoms with Gasteiger partial charge in [-0.05, 0) is 59.9 Å². The number of ether oxygens (including phenoxy) is 3. The monoisotopic (exact) mass is 649 g/mol. The van der Waals surface area contributed by atoms with Gasteiger partial charge in [0, 0.05) is 31.4 Å². The average molecular weight is 650 g/mol. The molecule has 1 aromatic heterocycles. The first-order valence-corrected chi connectivity index (χ1v) is 14.4. The molecule has 0 radical (unpaired) electrons. The Hall–Kier alpha value is -4.30. The lowest BCUT2D eigenvalue weighted by Crippen LogP contribution is -2.53. The Balaban J connectivity index is 1.43. The molecule has 2 aliphatic heterocycles. The van der Waals surface area contributed by atoms with E-state index < -0.39 is 59.6 Å². The first-order valence-electron chi connectivity index (χ1n) is 14.4. The fourth-order valence-electron chi connectivity index (χ4n) is 5.99. The first-order chi connectivity index (χ1) is 21.7. The number of hydrogen-bond donors (Lipinski definition) is 1. The van der Waals surface area contributed by atoms with Gasteiger partial charge in [-0.3, -0.25) is 9.59 Å². The molecule has 3 heterocycles.